The maximum Gasteiger partial charge on any atom is 0.152 e. The summed E-state index contributed by atoms with van der Waals surface area (Å²) >= 11 is 0. The van der Waals surface area contributed by atoms with Crippen molar-refractivity contribution in [2.45, 2.75) is 27.7 Å². The number of rotatable bonds is 2. The number of nitriles is 1. The summed E-state index contributed by atoms with van der Waals surface area (Å²) < 4.78 is 0. The molecule has 0 aromatic heterocycles. The zero-order valence-corrected chi connectivity index (χ0v) is 10.1. The summed E-state index contributed by atoms with van der Waals surface area (Å²) in [6.07, 6.45) is 3.38. The number of allylic oxidation sites excluding steroid dienone is 1. The van der Waals surface area contributed by atoms with Crippen LogP contribution in [-0.2, 0) is 4.79 Å². The Morgan fingerprint density at radius 2 is 1.94 bits per heavy atom. The molecule has 2 nitrogen and oxygen atoms in total. The van der Waals surface area contributed by atoms with Gasteiger partial charge in [0.05, 0.1) is 11.6 Å². The van der Waals surface area contributed by atoms with Gasteiger partial charge in [0.2, 0.25) is 0 Å². The minimum atomic E-state index is 0.0285. The van der Waals surface area contributed by atoms with E-state index in [1.165, 1.54) is 6.92 Å². The van der Waals surface area contributed by atoms with E-state index in [0.29, 0.717) is 5.56 Å². The van der Waals surface area contributed by atoms with Crippen molar-refractivity contribution in [2.24, 2.45) is 0 Å². The van der Waals surface area contributed by atoms with Crippen molar-refractivity contribution >= 4 is 11.9 Å². The lowest BCUT2D eigenvalue weighted by Gasteiger charge is -2.10. The lowest BCUT2D eigenvalue weighted by Crippen LogP contribution is -1.95. The quantitative estimate of drug-likeness (QED) is 0.708. The van der Waals surface area contributed by atoms with Gasteiger partial charge in [-0.1, -0.05) is 6.08 Å². The molecule has 0 bridgehead atoms. The van der Waals surface area contributed by atoms with Crippen LogP contribution >= 0.6 is 0 Å². The smallest absolute Gasteiger partial charge is 0.152 e. The van der Waals surface area contributed by atoms with E-state index in [0.717, 1.165) is 22.3 Å². The van der Waals surface area contributed by atoms with E-state index < -0.39 is 0 Å². The first-order valence-electron chi connectivity index (χ1n) is 5.17. The van der Waals surface area contributed by atoms with Crippen LogP contribution in [0.5, 0.6) is 0 Å². The largest absolute Gasteiger partial charge is 0.295 e. The summed E-state index contributed by atoms with van der Waals surface area (Å²) in [6, 6.07) is 4.04. The molecular formula is C14H15NO. The molecule has 0 atom stereocenters. The Balaban J connectivity index is 3.38. The fourth-order valence-corrected chi connectivity index (χ4v) is 1.68. The van der Waals surface area contributed by atoms with Crippen molar-refractivity contribution in [3.63, 3.8) is 0 Å². The molecule has 82 valence electrons. The molecule has 0 amide bonds. The Morgan fingerprint density at radius 1 is 1.31 bits per heavy atom. The molecule has 0 aliphatic heterocycles. The maximum atomic E-state index is 10.9. The van der Waals surface area contributed by atoms with Gasteiger partial charge < -0.3 is 0 Å². The Labute approximate surface area is 96.2 Å². The van der Waals surface area contributed by atoms with Crippen molar-refractivity contribution < 1.29 is 4.79 Å². The Bertz CT molecular complexity index is 504. The summed E-state index contributed by atoms with van der Waals surface area (Å²) in [7, 11) is 0. The molecule has 1 rings (SSSR count). The monoisotopic (exact) mass is 213 g/mol. The van der Waals surface area contributed by atoms with Crippen LogP contribution in [0.3, 0.4) is 0 Å². The van der Waals surface area contributed by atoms with E-state index in [1.807, 2.05) is 32.9 Å². The fourth-order valence-electron chi connectivity index (χ4n) is 1.68. The highest BCUT2D eigenvalue weighted by molar-refractivity contribution is 5.92. The second-order valence-electron chi connectivity index (χ2n) is 3.96. The number of hydrogen-bond acceptors (Lipinski definition) is 2. The van der Waals surface area contributed by atoms with Crippen LogP contribution in [0.25, 0.3) is 6.08 Å². The molecule has 0 N–H and O–H groups in total. The molecule has 1 aromatic carbocycles. The molecule has 2 heteroatoms. The lowest BCUT2D eigenvalue weighted by molar-refractivity contribution is -0.112. The van der Waals surface area contributed by atoms with Gasteiger partial charge in [-0.15, -0.1) is 0 Å². The fraction of sp³-hybridized carbons (Fsp3) is 0.286. The average Bonchev–Trinajstić information content (AvgIpc) is 2.22. The van der Waals surface area contributed by atoms with E-state index in [4.69, 9.17) is 5.26 Å². The Morgan fingerprint density at radius 3 is 2.44 bits per heavy atom. The molecule has 0 saturated carbocycles. The summed E-state index contributed by atoms with van der Waals surface area (Å²) in [5.74, 6) is 0.0285. The highest BCUT2D eigenvalue weighted by atomic mass is 16.1. The van der Waals surface area contributed by atoms with Crippen LogP contribution in [0.1, 0.15) is 34.7 Å². The van der Waals surface area contributed by atoms with E-state index in [1.54, 1.807) is 6.08 Å². The number of nitrogens with zero attached hydrogens (tertiary/aromatic N) is 1. The van der Waals surface area contributed by atoms with Gasteiger partial charge in [-0.2, -0.15) is 5.26 Å². The van der Waals surface area contributed by atoms with Crippen LogP contribution < -0.4 is 0 Å². The topological polar surface area (TPSA) is 40.9 Å². The second-order valence-corrected chi connectivity index (χ2v) is 3.96. The first-order valence-corrected chi connectivity index (χ1v) is 5.17. The van der Waals surface area contributed by atoms with Gasteiger partial charge in [0, 0.05) is 0 Å². The van der Waals surface area contributed by atoms with Gasteiger partial charge in [-0.3, -0.25) is 4.79 Å². The molecule has 0 spiro atoms. The standard InChI is InChI=1S/C14H15NO/c1-9-7-13(8-15)11(3)12(4)14(9)6-5-10(2)16/h5-7H,1-4H3/b6-5+. The van der Waals surface area contributed by atoms with Crippen LogP contribution in [0.4, 0.5) is 0 Å². The number of carbonyl (C=O) groups excluding carboxylic acids is 1. The van der Waals surface area contributed by atoms with Crippen molar-refractivity contribution in [3.05, 3.63) is 40.0 Å². The highest BCUT2D eigenvalue weighted by Gasteiger charge is 2.07. The molecule has 0 aliphatic rings. The predicted molar refractivity (Wildman–Crippen MR) is 65.1 cm³/mol. The highest BCUT2D eigenvalue weighted by Crippen LogP contribution is 2.22. The van der Waals surface area contributed by atoms with E-state index in [-0.39, 0.29) is 5.78 Å². The molecule has 0 fully saturated rings. The minimum Gasteiger partial charge on any atom is -0.295 e. The number of hydrogen-bond donors (Lipinski definition) is 0. The van der Waals surface area contributed by atoms with Crippen LogP contribution in [0.15, 0.2) is 12.1 Å². The molecule has 0 heterocycles. The zero-order valence-electron chi connectivity index (χ0n) is 10.1. The summed E-state index contributed by atoms with van der Waals surface area (Å²) in [5.41, 5.74) is 4.81. The van der Waals surface area contributed by atoms with Gasteiger partial charge in [0.25, 0.3) is 0 Å². The van der Waals surface area contributed by atoms with E-state index in [2.05, 4.69) is 6.07 Å². The number of aryl methyl sites for hydroxylation is 1. The summed E-state index contributed by atoms with van der Waals surface area (Å²) in [5, 5.41) is 8.95. The van der Waals surface area contributed by atoms with Crippen LogP contribution in [0.2, 0.25) is 0 Å². The third-order valence-corrected chi connectivity index (χ3v) is 2.76. The third-order valence-electron chi connectivity index (χ3n) is 2.76. The zero-order chi connectivity index (χ0) is 12.3. The van der Waals surface area contributed by atoms with Gasteiger partial charge in [0.15, 0.2) is 5.78 Å². The predicted octanol–water partition coefficient (Wildman–Crippen LogP) is 3.09. The van der Waals surface area contributed by atoms with Gasteiger partial charge in [0.1, 0.15) is 0 Å². The Kier molecular flexibility index (Phi) is 3.63. The summed E-state index contributed by atoms with van der Waals surface area (Å²) in [6.45, 7) is 7.38. The maximum absolute atomic E-state index is 10.9. The third kappa shape index (κ3) is 2.38. The first-order chi connectivity index (χ1) is 7.47. The first kappa shape index (κ1) is 12.2. The molecule has 0 unspecified atom stereocenters. The molecule has 16 heavy (non-hydrogen) atoms. The number of benzene rings is 1. The SMILES string of the molecule is CC(=O)/C=C/c1c(C)cc(C#N)c(C)c1C. The lowest BCUT2D eigenvalue weighted by atomic mass is 9.94. The summed E-state index contributed by atoms with van der Waals surface area (Å²) in [4.78, 5) is 10.9. The number of carbonyl (C=O) groups is 1. The van der Waals surface area contributed by atoms with Crippen molar-refractivity contribution in [2.75, 3.05) is 0 Å². The van der Waals surface area contributed by atoms with Crippen LogP contribution in [0, 0.1) is 32.1 Å². The van der Waals surface area contributed by atoms with Crippen molar-refractivity contribution in [1.82, 2.24) is 0 Å². The second kappa shape index (κ2) is 4.76. The molecule has 0 aliphatic carbocycles. The Hall–Kier alpha value is -1.88. The minimum absolute atomic E-state index is 0.0285. The molecule has 0 radical (unpaired) electrons. The van der Waals surface area contributed by atoms with Crippen molar-refractivity contribution in [3.8, 4) is 6.07 Å². The van der Waals surface area contributed by atoms with E-state index in [9.17, 15) is 4.79 Å². The molecule has 1 aromatic rings. The van der Waals surface area contributed by atoms with Crippen LogP contribution in [-0.4, -0.2) is 5.78 Å². The molecule has 0 saturated heterocycles. The number of ketones is 1. The van der Waals surface area contributed by atoms with Gasteiger partial charge >= 0.3 is 0 Å². The molecular weight excluding hydrogens is 198 g/mol. The van der Waals surface area contributed by atoms with Crippen molar-refractivity contribution in [1.29, 1.82) is 5.26 Å². The van der Waals surface area contributed by atoms with Gasteiger partial charge in [-0.05, 0) is 62.1 Å². The van der Waals surface area contributed by atoms with Gasteiger partial charge in [-0.25, -0.2) is 0 Å². The normalized spacial score (nSPS) is 10.4. The average molecular weight is 213 g/mol. The van der Waals surface area contributed by atoms with E-state index >= 15 is 0 Å².